The first-order valence-electron chi connectivity index (χ1n) is 10.6. The van der Waals surface area contributed by atoms with Crippen molar-refractivity contribution >= 4 is 38.1 Å². The second-order valence-corrected chi connectivity index (χ2v) is 13.1. The van der Waals surface area contributed by atoms with Crippen LogP contribution >= 0.6 is 27.4 Å². The van der Waals surface area contributed by atoms with Gasteiger partial charge in [0.2, 0.25) is 5.40 Å². The fourth-order valence-electron chi connectivity index (χ4n) is 2.86. The van der Waals surface area contributed by atoms with E-state index in [4.69, 9.17) is 35.0 Å². The molecule has 1 rings (SSSR count). The highest BCUT2D eigenvalue weighted by Gasteiger charge is 2.55. The number of ether oxygens (including phenoxy) is 1. The summed E-state index contributed by atoms with van der Waals surface area (Å²) >= 11 is 5.64. The fourth-order valence-corrected chi connectivity index (χ4v) is 9.40. The molecular weight excluding hydrogens is 472 g/mol. The van der Waals surface area contributed by atoms with Crippen molar-refractivity contribution in [1.82, 2.24) is 0 Å². The molecule has 0 amide bonds. The van der Waals surface area contributed by atoms with E-state index in [1.165, 1.54) is 7.11 Å². The SMILES string of the molecule is COc1ccccc1NC(=S)C(P(=O)(OC(C)C)OC(C)C)P(=O)(OC(C)C)OC(C)C. The predicted octanol–water partition coefficient (Wildman–Crippen LogP) is 6.85. The van der Waals surface area contributed by atoms with Crippen LogP contribution in [-0.2, 0) is 27.2 Å². The van der Waals surface area contributed by atoms with Gasteiger partial charge in [-0.3, -0.25) is 9.13 Å². The van der Waals surface area contributed by atoms with Gasteiger partial charge < -0.3 is 28.1 Å². The maximum absolute atomic E-state index is 14.2. The Morgan fingerprint density at radius 2 is 1.16 bits per heavy atom. The summed E-state index contributed by atoms with van der Waals surface area (Å²) in [6.45, 7) is 13.7. The number of para-hydroxylation sites is 2. The van der Waals surface area contributed by atoms with Gasteiger partial charge >= 0.3 is 15.2 Å². The average Bonchev–Trinajstić information content (AvgIpc) is 2.58. The second kappa shape index (κ2) is 12.6. The van der Waals surface area contributed by atoms with Crippen LogP contribution in [0.2, 0.25) is 0 Å². The van der Waals surface area contributed by atoms with Gasteiger partial charge in [-0.25, -0.2) is 0 Å². The van der Waals surface area contributed by atoms with Crippen LogP contribution in [0.4, 0.5) is 5.69 Å². The third kappa shape index (κ3) is 8.53. The van der Waals surface area contributed by atoms with Crippen molar-refractivity contribution in [2.24, 2.45) is 0 Å². The molecule has 0 aliphatic carbocycles. The topological polar surface area (TPSA) is 92.3 Å². The van der Waals surface area contributed by atoms with E-state index in [1.807, 2.05) is 0 Å². The molecule has 0 fully saturated rings. The van der Waals surface area contributed by atoms with E-state index in [-0.39, 0.29) is 4.99 Å². The molecule has 0 spiro atoms. The lowest BCUT2D eigenvalue weighted by Gasteiger charge is -2.35. The number of hydrogen-bond donors (Lipinski definition) is 1. The molecule has 1 N–H and O–H groups in total. The first-order chi connectivity index (χ1) is 14.7. The summed E-state index contributed by atoms with van der Waals surface area (Å²) in [7, 11) is -6.78. The molecule has 0 aliphatic rings. The van der Waals surface area contributed by atoms with Crippen molar-refractivity contribution in [2.45, 2.75) is 85.2 Å². The first-order valence-corrected chi connectivity index (χ1v) is 14.2. The van der Waals surface area contributed by atoms with Gasteiger partial charge in [-0.1, -0.05) is 24.4 Å². The lowest BCUT2D eigenvalue weighted by Crippen LogP contribution is -2.32. The zero-order valence-electron chi connectivity index (χ0n) is 20.4. The number of thiocarbonyl (C=S) groups is 1. The Hall–Kier alpha value is -0.790. The van der Waals surface area contributed by atoms with E-state index in [1.54, 1.807) is 79.7 Å². The molecule has 184 valence electrons. The normalized spacial score (nSPS) is 12.9. The van der Waals surface area contributed by atoms with E-state index in [2.05, 4.69) is 5.32 Å². The molecule has 0 radical (unpaired) electrons. The minimum absolute atomic E-state index is 0.0521. The minimum Gasteiger partial charge on any atom is -0.495 e. The summed E-state index contributed by atoms with van der Waals surface area (Å²) in [4.78, 5) is -0.0521. The highest BCUT2D eigenvalue weighted by atomic mass is 32.1. The van der Waals surface area contributed by atoms with Crippen molar-refractivity contribution in [3.05, 3.63) is 24.3 Å². The number of benzene rings is 1. The van der Waals surface area contributed by atoms with Gasteiger partial charge in [0.1, 0.15) is 10.7 Å². The van der Waals surface area contributed by atoms with Gasteiger partial charge in [-0.15, -0.1) is 0 Å². The number of rotatable bonds is 13. The summed E-state index contributed by atoms with van der Waals surface area (Å²) in [6, 6.07) is 7.06. The molecule has 0 atom stereocenters. The van der Waals surface area contributed by atoms with E-state index in [9.17, 15) is 9.13 Å². The van der Waals surface area contributed by atoms with Crippen LogP contribution in [0.15, 0.2) is 24.3 Å². The molecule has 0 saturated carbocycles. The first kappa shape index (κ1) is 29.2. The standard InChI is InChI=1S/C21H37NO7P2S/c1-14(2)26-30(23,27-15(3)4)21(31(24,28-16(5)6)29-17(7)8)20(32)22-18-12-10-11-13-19(18)25-9/h10-17,21H,1-9H3,(H,22,32). The zero-order chi connectivity index (χ0) is 24.7. The fraction of sp³-hybridized carbons (Fsp3) is 0.667. The Morgan fingerprint density at radius 1 is 0.781 bits per heavy atom. The average molecular weight is 510 g/mol. The van der Waals surface area contributed by atoms with Crippen LogP contribution in [-0.4, -0.2) is 41.9 Å². The summed E-state index contributed by atoms with van der Waals surface area (Å²) in [5.41, 5.74) is 0.506. The van der Waals surface area contributed by atoms with Crippen LogP contribution in [0, 0.1) is 0 Å². The molecule has 0 unspecified atom stereocenters. The summed E-state index contributed by atoms with van der Waals surface area (Å²) in [5.74, 6) is 0.502. The quantitative estimate of drug-likeness (QED) is 0.226. The molecule has 0 bridgehead atoms. The maximum atomic E-state index is 14.2. The van der Waals surface area contributed by atoms with Gasteiger partial charge in [-0.05, 0) is 67.5 Å². The summed E-state index contributed by atoms with van der Waals surface area (Å²) in [5, 5.41) is 1.51. The Balaban J connectivity index is 3.67. The minimum atomic E-state index is -4.15. The Labute approximate surface area is 197 Å². The molecule has 11 heteroatoms. The zero-order valence-corrected chi connectivity index (χ0v) is 23.0. The Kier molecular flexibility index (Phi) is 11.5. The predicted molar refractivity (Wildman–Crippen MR) is 133 cm³/mol. The van der Waals surface area contributed by atoms with Crippen molar-refractivity contribution in [2.75, 3.05) is 12.4 Å². The molecular formula is C21H37NO7P2S. The van der Waals surface area contributed by atoms with E-state index in [0.717, 1.165) is 0 Å². The van der Waals surface area contributed by atoms with Crippen LogP contribution in [0.5, 0.6) is 5.75 Å². The van der Waals surface area contributed by atoms with E-state index < -0.39 is 45.0 Å². The molecule has 8 nitrogen and oxygen atoms in total. The molecule has 32 heavy (non-hydrogen) atoms. The lowest BCUT2D eigenvalue weighted by molar-refractivity contribution is 0.127. The van der Waals surface area contributed by atoms with E-state index in [0.29, 0.717) is 11.4 Å². The third-order valence-corrected chi connectivity index (χ3v) is 10.6. The van der Waals surface area contributed by atoms with Crippen molar-refractivity contribution < 1.29 is 32.0 Å². The summed E-state index contributed by atoms with van der Waals surface area (Å²) in [6.07, 6.45) is -1.99. The number of hydrogen-bond acceptors (Lipinski definition) is 8. The van der Waals surface area contributed by atoms with Gasteiger partial charge in [0.05, 0.1) is 37.2 Å². The van der Waals surface area contributed by atoms with E-state index >= 15 is 0 Å². The number of methoxy groups -OCH3 is 1. The number of nitrogens with one attached hydrogen (secondary N) is 1. The second-order valence-electron chi connectivity index (χ2n) is 8.26. The van der Waals surface area contributed by atoms with Crippen molar-refractivity contribution in [1.29, 1.82) is 0 Å². The highest BCUT2D eigenvalue weighted by molar-refractivity contribution is 7.85. The monoisotopic (exact) mass is 509 g/mol. The molecule has 0 saturated heterocycles. The third-order valence-electron chi connectivity index (χ3n) is 3.63. The van der Waals surface area contributed by atoms with Crippen LogP contribution < -0.4 is 10.1 Å². The molecule has 0 aromatic heterocycles. The van der Waals surface area contributed by atoms with Crippen LogP contribution in [0.1, 0.15) is 55.4 Å². The number of anilines is 1. The Bertz CT molecular complexity index is 779. The molecule has 0 heterocycles. The largest absolute Gasteiger partial charge is 0.495 e. The highest BCUT2D eigenvalue weighted by Crippen LogP contribution is 2.72. The smallest absolute Gasteiger partial charge is 0.353 e. The van der Waals surface area contributed by atoms with Crippen LogP contribution in [0.3, 0.4) is 0 Å². The molecule has 0 aliphatic heterocycles. The van der Waals surface area contributed by atoms with Crippen LogP contribution in [0.25, 0.3) is 0 Å². The summed E-state index contributed by atoms with van der Waals surface area (Å²) < 4.78 is 56.9. The maximum Gasteiger partial charge on any atom is 0.353 e. The van der Waals surface area contributed by atoms with Crippen molar-refractivity contribution in [3.8, 4) is 5.75 Å². The van der Waals surface area contributed by atoms with Gasteiger partial charge in [-0.2, -0.15) is 0 Å². The lowest BCUT2D eigenvalue weighted by atomic mass is 10.3. The van der Waals surface area contributed by atoms with Gasteiger partial charge in [0.15, 0.2) is 0 Å². The Morgan fingerprint density at radius 3 is 1.50 bits per heavy atom. The molecule has 1 aromatic carbocycles. The van der Waals surface area contributed by atoms with Crippen molar-refractivity contribution in [3.63, 3.8) is 0 Å². The van der Waals surface area contributed by atoms with Gasteiger partial charge in [0, 0.05) is 0 Å². The molecule has 1 aromatic rings. The van der Waals surface area contributed by atoms with Gasteiger partial charge in [0.25, 0.3) is 0 Å².